The third-order valence-electron chi connectivity index (χ3n) is 3.29. The molecule has 0 N–H and O–H groups in total. The summed E-state index contributed by atoms with van der Waals surface area (Å²) in [5.41, 5.74) is 0.675. The topological polar surface area (TPSA) is 35.5 Å². The maximum atomic E-state index is 12.0. The first kappa shape index (κ1) is 11.2. The van der Waals surface area contributed by atoms with Crippen molar-refractivity contribution in [1.82, 2.24) is 0 Å². The van der Waals surface area contributed by atoms with Crippen LogP contribution in [0.25, 0.3) is 0 Å². The van der Waals surface area contributed by atoms with Crippen LogP contribution >= 0.6 is 15.9 Å². The highest BCUT2D eigenvalue weighted by molar-refractivity contribution is 9.10. The van der Waals surface area contributed by atoms with Gasteiger partial charge in [0.05, 0.1) is 18.1 Å². The molecule has 0 amide bonds. The highest BCUT2D eigenvalue weighted by atomic mass is 79.9. The molecular weight excluding hydrogens is 284 g/mol. The second-order valence-corrected chi connectivity index (χ2v) is 5.39. The van der Waals surface area contributed by atoms with Crippen LogP contribution in [0.3, 0.4) is 0 Å². The molecule has 2 aliphatic rings. The first-order valence-electron chi connectivity index (χ1n) is 5.85. The van der Waals surface area contributed by atoms with E-state index in [2.05, 4.69) is 15.9 Å². The molecule has 1 saturated heterocycles. The fourth-order valence-electron chi connectivity index (χ4n) is 2.42. The minimum absolute atomic E-state index is 0.0794. The maximum absolute atomic E-state index is 12.0. The Morgan fingerprint density at radius 3 is 2.94 bits per heavy atom. The molecule has 1 fully saturated rings. The summed E-state index contributed by atoms with van der Waals surface area (Å²) in [4.78, 5) is 12.0. The fraction of sp³-hybridized carbons (Fsp3) is 0.462. The molecule has 0 radical (unpaired) electrons. The van der Waals surface area contributed by atoms with Gasteiger partial charge < -0.3 is 9.47 Å². The van der Waals surface area contributed by atoms with Gasteiger partial charge in [-0.15, -0.1) is 0 Å². The number of ether oxygens (including phenoxy) is 2. The maximum Gasteiger partial charge on any atom is 0.170 e. The normalized spacial score (nSPS) is 27.7. The standard InChI is InChI=1S/C13H13BrO3/c14-8-3-4-11-9(6-8)10(15)7-13(17-11)12-2-1-5-16-12/h3-4,6,12-13H,1-2,5,7H2. The number of hydrogen-bond donors (Lipinski definition) is 0. The molecule has 3 nitrogen and oxygen atoms in total. The monoisotopic (exact) mass is 296 g/mol. The smallest absolute Gasteiger partial charge is 0.170 e. The minimum Gasteiger partial charge on any atom is -0.486 e. The summed E-state index contributed by atoms with van der Waals surface area (Å²) in [6, 6.07) is 5.56. The molecule has 0 spiro atoms. The van der Waals surface area contributed by atoms with Crippen molar-refractivity contribution in [2.24, 2.45) is 0 Å². The summed E-state index contributed by atoms with van der Waals surface area (Å²) in [5, 5.41) is 0. The van der Waals surface area contributed by atoms with Crippen LogP contribution in [-0.4, -0.2) is 24.6 Å². The second kappa shape index (κ2) is 4.42. The minimum atomic E-state index is -0.112. The molecule has 90 valence electrons. The van der Waals surface area contributed by atoms with E-state index in [9.17, 15) is 4.79 Å². The average molecular weight is 297 g/mol. The first-order valence-corrected chi connectivity index (χ1v) is 6.64. The van der Waals surface area contributed by atoms with Crippen molar-refractivity contribution in [2.45, 2.75) is 31.5 Å². The number of benzene rings is 1. The highest BCUT2D eigenvalue weighted by Gasteiger charge is 2.34. The van der Waals surface area contributed by atoms with E-state index in [1.54, 1.807) is 0 Å². The SMILES string of the molecule is O=C1CC(C2CCCO2)Oc2ccc(Br)cc21. The van der Waals surface area contributed by atoms with Gasteiger partial charge in [0.15, 0.2) is 5.78 Å². The Morgan fingerprint density at radius 1 is 1.29 bits per heavy atom. The number of carbonyl (C=O) groups excluding carboxylic acids is 1. The molecule has 2 unspecified atom stereocenters. The lowest BCUT2D eigenvalue weighted by Crippen LogP contribution is -2.36. The Kier molecular flexibility index (Phi) is 2.92. The predicted molar refractivity (Wildman–Crippen MR) is 66.5 cm³/mol. The summed E-state index contributed by atoms with van der Waals surface area (Å²) in [7, 11) is 0. The van der Waals surface area contributed by atoms with E-state index in [-0.39, 0.29) is 18.0 Å². The van der Waals surface area contributed by atoms with Crippen molar-refractivity contribution in [3.8, 4) is 5.75 Å². The Hall–Kier alpha value is -0.870. The highest BCUT2D eigenvalue weighted by Crippen LogP contribution is 2.33. The predicted octanol–water partition coefficient (Wildman–Crippen LogP) is 2.96. The van der Waals surface area contributed by atoms with Crippen LogP contribution in [0, 0.1) is 0 Å². The van der Waals surface area contributed by atoms with E-state index < -0.39 is 0 Å². The number of rotatable bonds is 1. The molecule has 0 aliphatic carbocycles. The summed E-state index contributed by atoms with van der Waals surface area (Å²) in [5.74, 6) is 0.831. The van der Waals surface area contributed by atoms with Crippen LogP contribution in [0.1, 0.15) is 29.6 Å². The molecule has 0 aromatic heterocycles. The molecule has 4 heteroatoms. The Balaban J connectivity index is 1.87. The molecule has 2 atom stereocenters. The first-order chi connectivity index (χ1) is 8.24. The van der Waals surface area contributed by atoms with Crippen molar-refractivity contribution in [3.05, 3.63) is 28.2 Å². The molecule has 0 bridgehead atoms. The molecule has 2 heterocycles. The van der Waals surface area contributed by atoms with E-state index in [0.717, 1.165) is 23.9 Å². The number of hydrogen-bond acceptors (Lipinski definition) is 3. The molecule has 0 saturated carbocycles. The zero-order valence-electron chi connectivity index (χ0n) is 9.32. The van der Waals surface area contributed by atoms with Crippen LogP contribution in [-0.2, 0) is 4.74 Å². The Morgan fingerprint density at radius 2 is 2.18 bits per heavy atom. The van der Waals surface area contributed by atoms with E-state index in [1.165, 1.54) is 0 Å². The molecule has 3 rings (SSSR count). The van der Waals surface area contributed by atoms with Crippen LogP contribution in [0.4, 0.5) is 0 Å². The quantitative estimate of drug-likeness (QED) is 0.799. The van der Waals surface area contributed by atoms with Crippen LogP contribution in [0.2, 0.25) is 0 Å². The molecule has 1 aromatic rings. The van der Waals surface area contributed by atoms with Gasteiger partial charge in [-0.2, -0.15) is 0 Å². The molecule has 17 heavy (non-hydrogen) atoms. The van der Waals surface area contributed by atoms with Gasteiger partial charge >= 0.3 is 0 Å². The van der Waals surface area contributed by atoms with Crippen LogP contribution in [0.5, 0.6) is 5.75 Å². The molecule has 1 aromatic carbocycles. The van der Waals surface area contributed by atoms with E-state index in [1.807, 2.05) is 18.2 Å². The summed E-state index contributed by atoms with van der Waals surface area (Å²) >= 11 is 3.37. The van der Waals surface area contributed by atoms with Crippen LogP contribution in [0.15, 0.2) is 22.7 Å². The Labute approximate surface area is 108 Å². The number of ketones is 1. The number of carbonyl (C=O) groups is 1. The van der Waals surface area contributed by atoms with Gasteiger partial charge in [-0.25, -0.2) is 0 Å². The third-order valence-corrected chi connectivity index (χ3v) is 3.78. The second-order valence-electron chi connectivity index (χ2n) is 4.48. The van der Waals surface area contributed by atoms with Gasteiger partial charge in [-0.1, -0.05) is 15.9 Å². The molecular formula is C13H13BrO3. The third kappa shape index (κ3) is 2.11. The van der Waals surface area contributed by atoms with Crippen molar-refractivity contribution >= 4 is 21.7 Å². The van der Waals surface area contributed by atoms with Gasteiger partial charge in [-0.05, 0) is 31.0 Å². The lowest BCUT2D eigenvalue weighted by Gasteiger charge is -2.28. The zero-order valence-corrected chi connectivity index (χ0v) is 10.9. The largest absolute Gasteiger partial charge is 0.486 e. The van der Waals surface area contributed by atoms with Crippen molar-refractivity contribution < 1.29 is 14.3 Å². The average Bonchev–Trinajstić information content (AvgIpc) is 2.83. The number of Topliss-reactive ketones (excluding diaryl/α,β-unsaturated/α-hetero) is 1. The van der Waals surface area contributed by atoms with Gasteiger partial charge in [0.1, 0.15) is 11.9 Å². The van der Waals surface area contributed by atoms with Gasteiger partial charge in [0.2, 0.25) is 0 Å². The lowest BCUT2D eigenvalue weighted by atomic mass is 9.97. The van der Waals surface area contributed by atoms with Crippen LogP contribution < -0.4 is 4.74 Å². The van der Waals surface area contributed by atoms with Gasteiger partial charge in [-0.3, -0.25) is 4.79 Å². The summed E-state index contributed by atoms with van der Waals surface area (Å²) in [6.07, 6.45) is 2.44. The summed E-state index contributed by atoms with van der Waals surface area (Å²) < 4.78 is 12.4. The van der Waals surface area contributed by atoms with Gasteiger partial charge in [0.25, 0.3) is 0 Å². The van der Waals surface area contributed by atoms with Crippen molar-refractivity contribution in [2.75, 3.05) is 6.61 Å². The van der Waals surface area contributed by atoms with E-state index in [0.29, 0.717) is 17.7 Å². The summed E-state index contributed by atoms with van der Waals surface area (Å²) in [6.45, 7) is 0.784. The fourth-order valence-corrected chi connectivity index (χ4v) is 2.78. The lowest BCUT2D eigenvalue weighted by molar-refractivity contribution is 0.00489. The Bertz CT molecular complexity index is 452. The van der Waals surface area contributed by atoms with E-state index >= 15 is 0 Å². The van der Waals surface area contributed by atoms with Crippen molar-refractivity contribution in [3.63, 3.8) is 0 Å². The molecule has 2 aliphatic heterocycles. The zero-order chi connectivity index (χ0) is 11.8. The van der Waals surface area contributed by atoms with Crippen molar-refractivity contribution in [1.29, 1.82) is 0 Å². The van der Waals surface area contributed by atoms with Gasteiger partial charge in [0, 0.05) is 11.1 Å². The number of halogens is 1. The van der Waals surface area contributed by atoms with E-state index in [4.69, 9.17) is 9.47 Å². The number of fused-ring (bicyclic) bond motifs is 1.